The maximum absolute atomic E-state index is 12.5. The molecule has 0 heterocycles. The number of alkyl halides is 5. The van der Waals surface area contributed by atoms with Crippen LogP contribution in [0.2, 0.25) is 0 Å². The fourth-order valence-corrected chi connectivity index (χ4v) is 1.46. The summed E-state index contributed by atoms with van der Waals surface area (Å²) in [7, 11) is 0. The lowest BCUT2D eigenvalue weighted by Gasteiger charge is -2.14. The molecule has 1 rings (SSSR count). The Balaban J connectivity index is 2.97. The Hall–Kier alpha value is -1.17. The third-order valence-corrected chi connectivity index (χ3v) is 2.40. The van der Waals surface area contributed by atoms with Crippen molar-refractivity contribution in [2.45, 2.75) is 32.0 Å². The number of halogens is 5. The molecule has 1 aromatic rings. The molecule has 0 aliphatic carbocycles. The van der Waals surface area contributed by atoms with Crippen LogP contribution in [-0.4, -0.2) is 12.5 Å². The maximum atomic E-state index is 12.5. The fraction of sp³-hybridized carbons (Fsp3) is 0.455. The minimum Gasteiger partial charge on any atom is -0.323 e. The third kappa shape index (κ3) is 3.66. The summed E-state index contributed by atoms with van der Waals surface area (Å²) in [6, 6.07) is 2.07. The van der Waals surface area contributed by atoms with Crippen LogP contribution < -0.4 is 5.73 Å². The number of hydrogen-bond donors (Lipinski definition) is 1. The van der Waals surface area contributed by atoms with E-state index in [9.17, 15) is 22.0 Å². The summed E-state index contributed by atoms with van der Waals surface area (Å²) in [6.07, 6.45) is -7.50. The normalized spacial score (nSPS) is 14.1. The molecule has 0 saturated carbocycles. The van der Waals surface area contributed by atoms with Gasteiger partial charge in [-0.3, -0.25) is 0 Å². The zero-order valence-electron chi connectivity index (χ0n) is 9.06. The van der Waals surface area contributed by atoms with Crippen LogP contribution in [0.5, 0.6) is 0 Å². The van der Waals surface area contributed by atoms with Crippen LogP contribution >= 0.6 is 0 Å². The molecule has 0 spiro atoms. The smallest absolute Gasteiger partial charge is 0.323 e. The summed E-state index contributed by atoms with van der Waals surface area (Å²) in [5.74, 6) is 0. The summed E-state index contributed by atoms with van der Waals surface area (Å²) >= 11 is 0. The van der Waals surface area contributed by atoms with Gasteiger partial charge < -0.3 is 5.73 Å². The quantitative estimate of drug-likeness (QED) is 0.823. The maximum Gasteiger partial charge on any atom is 0.416 e. The molecule has 0 aliphatic heterocycles. The van der Waals surface area contributed by atoms with Crippen molar-refractivity contribution in [3.8, 4) is 0 Å². The molecule has 6 heteroatoms. The minimum atomic E-state index is -4.48. The molecule has 0 radical (unpaired) electrons. The van der Waals surface area contributed by atoms with Crippen LogP contribution in [0, 0.1) is 6.92 Å². The molecule has 0 aromatic heterocycles. The highest BCUT2D eigenvalue weighted by Crippen LogP contribution is 2.32. The van der Waals surface area contributed by atoms with Crippen molar-refractivity contribution in [3.63, 3.8) is 0 Å². The number of aryl methyl sites for hydroxylation is 1. The van der Waals surface area contributed by atoms with E-state index in [0.717, 1.165) is 6.07 Å². The summed E-state index contributed by atoms with van der Waals surface area (Å²) in [6.45, 7) is 1.32. The highest BCUT2D eigenvalue weighted by atomic mass is 19.4. The van der Waals surface area contributed by atoms with Gasteiger partial charge in [0.2, 0.25) is 0 Å². The Labute approximate surface area is 95.4 Å². The van der Waals surface area contributed by atoms with Crippen LogP contribution in [0.3, 0.4) is 0 Å². The SMILES string of the molecule is Cc1ccc(CC(N)C(F)F)cc1C(F)(F)F. The Morgan fingerprint density at radius 3 is 2.29 bits per heavy atom. The Bertz CT molecular complexity index is 386. The molecule has 1 atom stereocenters. The number of rotatable bonds is 3. The van der Waals surface area contributed by atoms with Crippen molar-refractivity contribution in [1.82, 2.24) is 0 Å². The minimum absolute atomic E-state index is 0.0619. The van der Waals surface area contributed by atoms with Crippen molar-refractivity contribution in [2.24, 2.45) is 5.73 Å². The van der Waals surface area contributed by atoms with Crippen molar-refractivity contribution >= 4 is 0 Å². The molecule has 0 saturated heterocycles. The molecule has 0 aliphatic rings. The lowest BCUT2D eigenvalue weighted by Crippen LogP contribution is -2.31. The first kappa shape index (κ1) is 13.9. The Morgan fingerprint density at radius 2 is 1.82 bits per heavy atom. The zero-order chi connectivity index (χ0) is 13.2. The molecule has 1 unspecified atom stereocenters. The second-order valence-electron chi connectivity index (χ2n) is 3.85. The van der Waals surface area contributed by atoms with E-state index in [0.29, 0.717) is 0 Å². The largest absolute Gasteiger partial charge is 0.416 e. The van der Waals surface area contributed by atoms with Crippen molar-refractivity contribution in [3.05, 3.63) is 34.9 Å². The van der Waals surface area contributed by atoms with Gasteiger partial charge in [-0.05, 0) is 30.5 Å². The van der Waals surface area contributed by atoms with Crippen LogP contribution in [0.1, 0.15) is 16.7 Å². The van der Waals surface area contributed by atoms with Crippen LogP contribution in [-0.2, 0) is 12.6 Å². The van der Waals surface area contributed by atoms with E-state index in [4.69, 9.17) is 5.73 Å². The van der Waals surface area contributed by atoms with Gasteiger partial charge in [0.15, 0.2) is 0 Å². The van der Waals surface area contributed by atoms with Gasteiger partial charge in [-0.15, -0.1) is 0 Å². The number of benzene rings is 1. The van der Waals surface area contributed by atoms with Gasteiger partial charge in [-0.2, -0.15) is 13.2 Å². The van der Waals surface area contributed by atoms with E-state index in [1.807, 2.05) is 0 Å². The number of nitrogens with two attached hydrogens (primary N) is 1. The predicted molar refractivity (Wildman–Crippen MR) is 53.9 cm³/mol. The predicted octanol–water partition coefficient (Wildman–Crippen LogP) is 3.15. The molecule has 96 valence electrons. The average molecular weight is 253 g/mol. The second kappa shape index (κ2) is 5.00. The first-order valence-corrected chi connectivity index (χ1v) is 4.92. The molecule has 0 bridgehead atoms. The zero-order valence-corrected chi connectivity index (χ0v) is 9.06. The lowest BCUT2D eigenvalue weighted by atomic mass is 10.0. The van der Waals surface area contributed by atoms with Crippen LogP contribution in [0.15, 0.2) is 18.2 Å². The molecule has 1 aromatic carbocycles. The van der Waals surface area contributed by atoms with E-state index in [1.54, 1.807) is 0 Å². The number of hydrogen-bond acceptors (Lipinski definition) is 1. The van der Waals surface area contributed by atoms with Crippen molar-refractivity contribution < 1.29 is 22.0 Å². The highest BCUT2D eigenvalue weighted by Gasteiger charge is 2.32. The highest BCUT2D eigenvalue weighted by molar-refractivity contribution is 5.33. The molecule has 2 N–H and O–H groups in total. The summed E-state index contributed by atoms with van der Waals surface area (Å²) in [5.41, 5.74) is 4.53. The van der Waals surface area contributed by atoms with Gasteiger partial charge in [0.05, 0.1) is 11.6 Å². The Morgan fingerprint density at radius 1 is 1.24 bits per heavy atom. The first-order valence-electron chi connectivity index (χ1n) is 4.92. The van der Waals surface area contributed by atoms with E-state index in [2.05, 4.69) is 0 Å². The van der Waals surface area contributed by atoms with Crippen LogP contribution in [0.25, 0.3) is 0 Å². The molecular weight excluding hydrogens is 241 g/mol. The van der Waals surface area contributed by atoms with E-state index in [-0.39, 0.29) is 17.5 Å². The van der Waals surface area contributed by atoms with E-state index in [1.165, 1.54) is 19.1 Å². The molecular formula is C11H12F5N. The van der Waals surface area contributed by atoms with Gasteiger partial charge in [0.1, 0.15) is 0 Å². The van der Waals surface area contributed by atoms with Gasteiger partial charge in [-0.1, -0.05) is 12.1 Å². The fourth-order valence-electron chi connectivity index (χ4n) is 1.46. The first-order chi connectivity index (χ1) is 7.71. The molecule has 1 nitrogen and oxygen atoms in total. The van der Waals surface area contributed by atoms with Gasteiger partial charge >= 0.3 is 6.18 Å². The summed E-state index contributed by atoms with van der Waals surface area (Å²) in [4.78, 5) is 0. The van der Waals surface area contributed by atoms with Crippen molar-refractivity contribution in [2.75, 3.05) is 0 Å². The van der Waals surface area contributed by atoms with Gasteiger partial charge in [0.25, 0.3) is 6.43 Å². The summed E-state index contributed by atoms with van der Waals surface area (Å²) in [5, 5.41) is 0. The Kier molecular flexibility index (Phi) is 4.08. The molecule has 0 fully saturated rings. The monoisotopic (exact) mass is 253 g/mol. The summed E-state index contributed by atoms with van der Waals surface area (Å²) < 4.78 is 62.0. The van der Waals surface area contributed by atoms with Gasteiger partial charge in [0, 0.05) is 0 Å². The average Bonchev–Trinajstić information content (AvgIpc) is 2.19. The molecule has 17 heavy (non-hydrogen) atoms. The van der Waals surface area contributed by atoms with Crippen LogP contribution in [0.4, 0.5) is 22.0 Å². The standard InChI is InChI=1S/C11H12F5N/c1-6-2-3-7(5-9(17)10(12)13)4-8(6)11(14,15)16/h2-4,9-10H,5,17H2,1H3. The van der Waals surface area contributed by atoms with E-state index >= 15 is 0 Å². The van der Waals surface area contributed by atoms with E-state index < -0.39 is 24.2 Å². The van der Waals surface area contributed by atoms with Crippen molar-refractivity contribution in [1.29, 1.82) is 0 Å². The lowest BCUT2D eigenvalue weighted by molar-refractivity contribution is -0.138. The second-order valence-corrected chi connectivity index (χ2v) is 3.85. The van der Waals surface area contributed by atoms with Gasteiger partial charge in [-0.25, -0.2) is 8.78 Å². The topological polar surface area (TPSA) is 26.0 Å². The third-order valence-electron chi connectivity index (χ3n) is 2.40. The molecule has 0 amide bonds.